The molecule has 0 radical (unpaired) electrons. The number of carbonyl (C=O) groups is 1. The van der Waals surface area contributed by atoms with Crippen LogP contribution in [-0.4, -0.2) is 23.2 Å². The highest BCUT2D eigenvalue weighted by Crippen LogP contribution is 2.29. The highest BCUT2D eigenvalue weighted by atomic mass is 16.4. The number of carboxylic acid groups (broad SMARTS) is 1. The van der Waals surface area contributed by atoms with Crippen molar-refractivity contribution in [1.82, 2.24) is 5.32 Å². The molecule has 0 aromatic heterocycles. The Bertz CT molecular complexity index is 458. The Balaban J connectivity index is 1.91. The summed E-state index contributed by atoms with van der Waals surface area (Å²) in [6, 6.07) is 9.76. The summed E-state index contributed by atoms with van der Waals surface area (Å²) in [6.07, 6.45) is 6.56. The minimum absolute atomic E-state index is 0.349. The molecular weight excluding hydrogens is 274 g/mol. The van der Waals surface area contributed by atoms with Gasteiger partial charge in [0.25, 0.3) is 0 Å². The first-order chi connectivity index (χ1) is 10.5. The Kier molecular flexibility index (Phi) is 6.44. The number of rotatable bonds is 7. The molecule has 1 aromatic carbocycles. The Labute approximate surface area is 134 Å². The van der Waals surface area contributed by atoms with Gasteiger partial charge < -0.3 is 10.4 Å². The van der Waals surface area contributed by atoms with Crippen LogP contribution >= 0.6 is 0 Å². The third kappa shape index (κ3) is 5.45. The monoisotopic (exact) mass is 303 g/mol. The lowest BCUT2D eigenvalue weighted by Crippen LogP contribution is -2.46. The van der Waals surface area contributed by atoms with E-state index in [-0.39, 0.29) is 0 Å². The summed E-state index contributed by atoms with van der Waals surface area (Å²) in [6.45, 7) is 4.54. The topological polar surface area (TPSA) is 49.3 Å². The van der Waals surface area contributed by atoms with Crippen LogP contribution < -0.4 is 5.32 Å². The molecule has 3 nitrogen and oxygen atoms in total. The van der Waals surface area contributed by atoms with Crippen LogP contribution in [0.2, 0.25) is 0 Å². The van der Waals surface area contributed by atoms with Crippen LogP contribution in [0.4, 0.5) is 0 Å². The van der Waals surface area contributed by atoms with E-state index in [9.17, 15) is 9.90 Å². The van der Waals surface area contributed by atoms with E-state index >= 15 is 0 Å². The van der Waals surface area contributed by atoms with Gasteiger partial charge in [-0.1, -0.05) is 57.0 Å². The summed E-state index contributed by atoms with van der Waals surface area (Å²) in [4.78, 5) is 11.6. The average molecular weight is 303 g/mol. The Hall–Kier alpha value is -1.35. The molecular formula is C19H29NO2. The van der Waals surface area contributed by atoms with Crippen molar-refractivity contribution in [2.24, 2.45) is 11.8 Å². The van der Waals surface area contributed by atoms with Crippen LogP contribution in [0.5, 0.6) is 0 Å². The van der Waals surface area contributed by atoms with Crippen molar-refractivity contribution in [3.8, 4) is 0 Å². The molecule has 1 aromatic rings. The lowest BCUT2D eigenvalue weighted by atomic mass is 9.81. The molecule has 3 heteroatoms. The summed E-state index contributed by atoms with van der Waals surface area (Å²) >= 11 is 0. The maximum atomic E-state index is 11.6. The quantitative estimate of drug-likeness (QED) is 0.803. The molecule has 0 bridgehead atoms. The molecule has 2 unspecified atom stereocenters. The Morgan fingerprint density at radius 2 is 2.00 bits per heavy atom. The minimum atomic E-state index is -0.741. The number of aliphatic carboxylic acids is 1. The van der Waals surface area contributed by atoms with Crippen LogP contribution in [-0.2, 0) is 11.2 Å². The molecule has 2 rings (SSSR count). The van der Waals surface area contributed by atoms with Gasteiger partial charge in [-0.2, -0.15) is 0 Å². The Morgan fingerprint density at radius 1 is 1.27 bits per heavy atom. The number of carboxylic acids is 1. The summed E-state index contributed by atoms with van der Waals surface area (Å²) in [5.74, 6) is 0.732. The van der Waals surface area contributed by atoms with Gasteiger partial charge in [0.05, 0.1) is 0 Å². The van der Waals surface area contributed by atoms with Crippen LogP contribution in [0.1, 0.15) is 51.5 Å². The fraction of sp³-hybridized carbons (Fsp3) is 0.632. The third-order valence-corrected chi connectivity index (χ3v) is 4.61. The van der Waals surface area contributed by atoms with Gasteiger partial charge in [0, 0.05) is 6.04 Å². The fourth-order valence-electron chi connectivity index (χ4n) is 3.67. The number of nitrogens with one attached hydrogen (secondary N) is 1. The number of hydrogen-bond donors (Lipinski definition) is 2. The second-order valence-corrected chi connectivity index (χ2v) is 7.11. The van der Waals surface area contributed by atoms with Crippen LogP contribution in [0.3, 0.4) is 0 Å². The maximum absolute atomic E-state index is 11.6. The van der Waals surface area contributed by atoms with Crippen molar-refractivity contribution < 1.29 is 9.90 Å². The molecule has 122 valence electrons. The molecule has 0 saturated heterocycles. The van der Waals surface area contributed by atoms with Gasteiger partial charge in [-0.15, -0.1) is 0 Å². The molecule has 1 aliphatic carbocycles. The summed E-state index contributed by atoms with van der Waals surface area (Å²) in [5.41, 5.74) is 1.08. The average Bonchev–Trinajstić information content (AvgIpc) is 2.47. The van der Waals surface area contributed by atoms with Crippen molar-refractivity contribution >= 4 is 5.97 Å². The Morgan fingerprint density at radius 3 is 2.64 bits per heavy atom. The standard InChI is InChI=1S/C19H29NO2/c1-14(2)11-16-9-6-10-17(12-16)20-18(19(21)22)13-15-7-4-3-5-8-15/h3-5,7-8,14,16-18,20H,6,9-13H2,1-2H3,(H,21,22)/t16?,17?,18-/m0/s1. The first-order valence-electron chi connectivity index (χ1n) is 8.57. The van der Waals surface area contributed by atoms with Crippen LogP contribution in [0, 0.1) is 11.8 Å². The third-order valence-electron chi connectivity index (χ3n) is 4.61. The van der Waals surface area contributed by atoms with Gasteiger partial charge in [0.2, 0.25) is 0 Å². The molecule has 3 atom stereocenters. The van der Waals surface area contributed by atoms with Crippen LogP contribution in [0.15, 0.2) is 30.3 Å². The van der Waals surface area contributed by atoms with E-state index in [4.69, 9.17) is 0 Å². The largest absolute Gasteiger partial charge is 0.480 e. The first-order valence-corrected chi connectivity index (χ1v) is 8.57. The molecule has 2 N–H and O–H groups in total. The van der Waals surface area contributed by atoms with Gasteiger partial charge >= 0.3 is 5.97 Å². The van der Waals surface area contributed by atoms with Gasteiger partial charge in [-0.25, -0.2) is 0 Å². The zero-order valence-corrected chi connectivity index (χ0v) is 13.8. The van der Waals surface area contributed by atoms with Gasteiger partial charge in [-0.3, -0.25) is 4.79 Å². The molecule has 0 amide bonds. The molecule has 1 saturated carbocycles. The molecule has 1 fully saturated rings. The van der Waals surface area contributed by atoms with Crippen molar-refractivity contribution in [2.75, 3.05) is 0 Å². The SMILES string of the molecule is CC(C)CC1CCCC(N[C@@H](Cc2ccccc2)C(=O)O)C1. The van der Waals surface area contributed by atoms with Crippen molar-refractivity contribution in [1.29, 1.82) is 0 Å². The van der Waals surface area contributed by atoms with Crippen molar-refractivity contribution in [3.05, 3.63) is 35.9 Å². The predicted molar refractivity (Wildman–Crippen MR) is 89.9 cm³/mol. The van der Waals surface area contributed by atoms with E-state index in [1.165, 1.54) is 19.3 Å². The minimum Gasteiger partial charge on any atom is -0.480 e. The normalized spacial score (nSPS) is 23.4. The van der Waals surface area contributed by atoms with E-state index in [0.717, 1.165) is 30.2 Å². The molecule has 0 aliphatic heterocycles. The second kappa shape index (κ2) is 8.33. The lowest BCUT2D eigenvalue weighted by molar-refractivity contribution is -0.139. The molecule has 0 spiro atoms. The fourth-order valence-corrected chi connectivity index (χ4v) is 3.67. The van der Waals surface area contributed by atoms with Gasteiger partial charge in [-0.05, 0) is 43.1 Å². The van der Waals surface area contributed by atoms with E-state index in [1.54, 1.807) is 0 Å². The van der Waals surface area contributed by atoms with E-state index < -0.39 is 12.0 Å². The van der Waals surface area contributed by atoms with Crippen molar-refractivity contribution in [3.63, 3.8) is 0 Å². The molecule has 0 heterocycles. The van der Waals surface area contributed by atoms with E-state index in [0.29, 0.717) is 12.5 Å². The maximum Gasteiger partial charge on any atom is 0.321 e. The number of benzene rings is 1. The smallest absolute Gasteiger partial charge is 0.321 e. The lowest BCUT2D eigenvalue weighted by Gasteiger charge is -2.32. The van der Waals surface area contributed by atoms with E-state index in [2.05, 4.69) is 19.2 Å². The predicted octanol–water partition coefficient (Wildman–Crippen LogP) is 3.88. The number of hydrogen-bond acceptors (Lipinski definition) is 2. The van der Waals surface area contributed by atoms with Crippen molar-refractivity contribution in [2.45, 2.75) is 64.5 Å². The van der Waals surface area contributed by atoms with Crippen LogP contribution in [0.25, 0.3) is 0 Å². The highest BCUT2D eigenvalue weighted by molar-refractivity contribution is 5.74. The molecule has 22 heavy (non-hydrogen) atoms. The first kappa shape index (κ1) is 17.0. The van der Waals surface area contributed by atoms with E-state index in [1.807, 2.05) is 30.3 Å². The molecule has 1 aliphatic rings. The van der Waals surface area contributed by atoms with Gasteiger partial charge in [0.1, 0.15) is 6.04 Å². The summed E-state index contributed by atoms with van der Waals surface area (Å²) in [5, 5.41) is 12.9. The second-order valence-electron chi connectivity index (χ2n) is 7.11. The summed E-state index contributed by atoms with van der Waals surface area (Å²) in [7, 11) is 0. The summed E-state index contributed by atoms with van der Waals surface area (Å²) < 4.78 is 0. The highest BCUT2D eigenvalue weighted by Gasteiger charge is 2.27. The zero-order valence-electron chi connectivity index (χ0n) is 13.8. The zero-order chi connectivity index (χ0) is 15.9. The van der Waals surface area contributed by atoms with Gasteiger partial charge in [0.15, 0.2) is 0 Å².